The molecule has 4 aromatic rings. The molecule has 0 aliphatic carbocycles. The van der Waals surface area contributed by atoms with E-state index in [1.807, 2.05) is 48.5 Å². The molecule has 0 atom stereocenters. The van der Waals surface area contributed by atoms with Gasteiger partial charge in [0, 0.05) is 0 Å². The number of rotatable bonds is 6. The van der Waals surface area contributed by atoms with E-state index in [2.05, 4.69) is 28.5 Å². The molecule has 0 unspecified atom stereocenters. The molecule has 148 valence electrons. The first-order chi connectivity index (χ1) is 14.1. The maximum atomic E-state index is 12.7. The van der Waals surface area contributed by atoms with Crippen LogP contribution in [0.15, 0.2) is 66.7 Å². The van der Waals surface area contributed by atoms with Gasteiger partial charge in [0.25, 0.3) is 0 Å². The van der Waals surface area contributed by atoms with E-state index in [-0.39, 0.29) is 27.1 Å². The Kier molecular flexibility index (Phi) is 5.96. The Balaban J connectivity index is 1.49. The molecule has 0 bridgehead atoms. The summed E-state index contributed by atoms with van der Waals surface area (Å²) in [6.07, 6.45) is 0. The van der Waals surface area contributed by atoms with Crippen LogP contribution in [0.3, 0.4) is 0 Å². The normalized spacial score (nSPS) is 10.8. The van der Waals surface area contributed by atoms with Gasteiger partial charge in [-0.2, -0.15) is 0 Å². The van der Waals surface area contributed by atoms with Crippen LogP contribution in [0.25, 0.3) is 10.2 Å². The van der Waals surface area contributed by atoms with Crippen molar-refractivity contribution in [3.63, 3.8) is 0 Å². The molecule has 1 aromatic heterocycles. The van der Waals surface area contributed by atoms with E-state index in [1.165, 1.54) is 18.5 Å². The molecule has 0 saturated heterocycles. The average Bonchev–Trinajstić information content (AvgIpc) is 3.15. The number of benzene rings is 3. The Morgan fingerprint density at radius 3 is 2.45 bits per heavy atom. The summed E-state index contributed by atoms with van der Waals surface area (Å²) in [5.41, 5.74) is 1.47. The molecule has 4 rings (SSSR count). The summed E-state index contributed by atoms with van der Waals surface area (Å²) in [5, 5.41) is 3.49. The van der Waals surface area contributed by atoms with Crippen molar-refractivity contribution in [2.75, 3.05) is 19.5 Å². The van der Waals surface area contributed by atoms with Crippen LogP contribution in [0.2, 0.25) is 0 Å². The summed E-state index contributed by atoms with van der Waals surface area (Å²) < 4.78 is 13.9. The van der Waals surface area contributed by atoms with Crippen molar-refractivity contribution in [3.8, 4) is 11.5 Å². The molecule has 0 spiro atoms. The molecule has 3 aromatic carbocycles. The number of anilines is 1. The van der Waals surface area contributed by atoms with E-state index in [0.717, 1.165) is 21.7 Å². The van der Waals surface area contributed by atoms with Crippen LogP contribution >= 0.6 is 11.3 Å². The number of fused-ring (bicyclic) bond motifs is 1. The van der Waals surface area contributed by atoms with Crippen molar-refractivity contribution in [2.45, 2.75) is 0 Å². The van der Waals surface area contributed by atoms with Crippen LogP contribution in [0.5, 0.6) is 11.5 Å². The van der Waals surface area contributed by atoms with Crippen LogP contribution in [-0.2, 0) is 0 Å². The molecule has 0 fully saturated rings. The van der Waals surface area contributed by atoms with Crippen molar-refractivity contribution in [3.05, 3.63) is 79.4 Å². The SMILES string of the molecule is COc1ccc([I-]c2cccc(C(=O)Nc3nc4ccc(OC)cc4s3)c2)cc1. The Morgan fingerprint density at radius 2 is 1.69 bits per heavy atom. The molecule has 1 N–H and O–H groups in total. The zero-order valence-electron chi connectivity index (χ0n) is 15.8. The Morgan fingerprint density at radius 1 is 0.931 bits per heavy atom. The summed E-state index contributed by atoms with van der Waals surface area (Å²) in [5.74, 6) is 1.46. The van der Waals surface area contributed by atoms with Crippen molar-refractivity contribution < 1.29 is 35.5 Å². The van der Waals surface area contributed by atoms with Crippen LogP contribution < -0.4 is 36.0 Å². The van der Waals surface area contributed by atoms with Crippen LogP contribution in [-0.4, -0.2) is 25.1 Å². The summed E-state index contributed by atoms with van der Waals surface area (Å²) in [6.45, 7) is 0. The second-order valence-electron chi connectivity index (χ2n) is 6.07. The minimum absolute atomic E-state index is 0.156. The standard InChI is InChI=1S/C22H18IN2O3S/c1-27-17-8-6-15(7-9-17)23-16-5-3-4-14(12-16)21(26)25-22-24-19-11-10-18(28-2)13-20(19)29-22/h3-13H,1-2H3,(H,24,25,26)/q-1. The fraction of sp³-hybridized carbons (Fsp3) is 0.0909. The molecule has 29 heavy (non-hydrogen) atoms. The number of aromatic nitrogens is 1. The van der Waals surface area contributed by atoms with Crippen molar-refractivity contribution >= 4 is 32.6 Å². The van der Waals surface area contributed by atoms with E-state index in [4.69, 9.17) is 9.47 Å². The molecule has 0 aliphatic rings. The minimum atomic E-state index is -0.377. The van der Waals surface area contributed by atoms with Gasteiger partial charge in [-0.3, -0.25) is 0 Å². The quantitative estimate of drug-likeness (QED) is 0.396. The first-order valence-electron chi connectivity index (χ1n) is 8.79. The zero-order valence-corrected chi connectivity index (χ0v) is 18.8. The van der Waals surface area contributed by atoms with Crippen LogP contribution in [0.4, 0.5) is 5.13 Å². The van der Waals surface area contributed by atoms with E-state index in [1.54, 1.807) is 14.2 Å². The van der Waals surface area contributed by atoms with Gasteiger partial charge in [0.05, 0.1) is 0 Å². The summed E-state index contributed by atoms with van der Waals surface area (Å²) in [4.78, 5) is 17.2. The van der Waals surface area contributed by atoms with Gasteiger partial charge in [0.1, 0.15) is 0 Å². The number of ether oxygens (including phenoxy) is 2. The number of hydrogen-bond donors (Lipinski definition) is 1. The fourth-order valence-corrected chi connectivity index (χ4v) is 5.91. The van der Waals surface area contributed by atoms with Crippen LogP contribution in [0.1, 0.15) is 10.4 Å². The van der Waals surface area contributed by atoms with Gasteiger partial charge in [-0.05, 0) is 0 Å². The Labute approximate surface area is 183 Å². The van der Waals surface area contributed by atoms with Gasteiger partial charge in [-0.1, -0.05) is 0 Å². The fourth-order valence-electron chi connectivity index (χ4n) is 2.70. The number of thiazole rings is 1. The third-order valence-corrected chi connectivity index (χ3v) is 7.74. The van der Waals surface area contributed by atoms with Gasteiger partial charge in [-0.15, -0.1) is 0 Å². The molecule has 1 amide bonds. The second kappa shape index (κ2) is 8.79. The monoisotopic (exact) mass is 517 g/mol. The van der Waals surface area contributed by atoms with E-state index < -0.39 is 0 Å². The third-order valence-electron chi connectivity index (χ3n) is 4.17. The van der Waals surface area contributed by atoms with Gasteiger partial charge in [0.15, 0.2) is 0 Å². The first-order valence-corrected chi connectivity index (χ1v) is 11.8. The third kappa shape index (κ3) is 4.68. The number of hydrogen-bond acceptors (Lipinski definition) is 5. The second-order valence-corrected chi connectivity index (χ2v) is 10.1. The molecule has 0 radical (unpaired) electrons. The van der Waals surface area contributed by atoms with E-state index >= 15 is 0 Å². The molecule has 0 aliphatic heterocycles. The summed E-state index contributed by atoms with van der Waals surface area (Å²) in [6, 6.07) is 21.5. The maximum absolute atomic E-state index is 12.7. The molecule has 5 nitrogen and oxygen atoms in total. The molecule has 1 heterocycles. The number of amides is 1. The zero-order chi connectivity index (χ0) is 20.2. The Hall–Kier alpha value is -2.65. The topological polar surface area (TPSA) is 60.5 Å². The van der Waals surface area contributed by atoms with Gasteiger partial charge >= 0.3 is 184 Å². The average molecular weight is 517 g/mol. The predicted molar refractivity (Wildman–Crippen MR) is 111 cm³/mol. The van der Waals surface area contributed by atoms with Crippen molar-refractivity contribution in [1.82, 2.24) is 4.98 Å². The number of carbonyl (C=O) groups excluding carboxylic acids is 1. The van der Waals surface area contributed by atoms with Gasteiger partial charge in [-0.25, -0.2) is 0 Å². The predicted octanol–water partition coefficient (Wildman–Crippen LogP) is 1.69. The summed E-state index contributed by atoms with van der Waals surface area (Å²) in [7, 11) is 3.29. The van der Waals surface area contributed by atoms with E-state index in [9.17, 15) is 4.79 Å². The molecule has 7 heteroatoms. The van der Waals surface area contributed by atoms with Gasteiger partial charge < -0.3 is 0 Å². The first kappa shape index (κ1) is 19.7. The van der Waals surface area contributed by atoms with Crippen molar-refractivity contribution in [1.29, 1.82) is 0 Å². The molecular weight excluding hydrogens is 499 g/mol. The number of methoxy groups -OCH3 is 2. The number of halogens is 1. The molecular formula is C22H18IN2O3S-. The Bertz CT molecular complexity index is 1160. The molecule has 0 saturated carbocycles. The number of carbonyl (C=O) groups is 1. The van der Waals surface area contributed by atoms with E-state index in [0.29, 0.717) is 10.7 Å². The summed E-state index contributed by atoms with van der Waals surface area (Å²) >= 11 is 1.05. The van der Waals surface area contributed by atoms with Gasteiger partial charge in [0.2, 0.25) is 0 Å². The number of nitrogens with zero attached hydrogens (tertiary/aromatic N) is 1. The van der Waals surface area contributed by atoms with Crippen molar-refractivity contribution in [2.24, 2.45) is 0 Å². The number of nitrogens with one attached hydrogen (secondary N) is 1. The van der Waals surface area contributed by atoms with Crippen LogP contribution in [0, 0.1) is 7.14 Å².